The number of anilines is 3. The van der Waals surface area contributed by atoms with Crippen molar-refractivity contribution in [2.24, 2.45) is 0 Å². The molecule has 0 unspecified atom stereocenters. The summed E-state index contributed by atoms with van der Waals surface area (Å²) in [6.07, 6.45) is -0.176. The van der Waals surface area contributed by atoms with Crippen LogP contribution in [0.25, 0.3) is 0 Å². The Kier molecular flexibility index (Phi) is 6.19. The standard InChI is InChI=1S/C15H17ClF3N5/c1-2-3-4-7-20-14-23-13(9-21-24-14)22-12-6-5-10(16)8-11(12)15(17,18)19/h5-6,8-9H,2-4,7H2,1H3,(H2,20,22,23,24). The molecule has 2 rings (SSSR count). The maximum Gasteiger partial charge on any atom is 0.418 e. The van der Waals surface area contributed by atoms with Gasteiger partial charge >= 0.3 is 6.18 Å². The Morgan fingerprint density at radius 2 is 2.00 bits per heavy atom. The molecule has 0 saturated heterocycles. The molecule has 24 heavy (non-hydrogen) atoms. The summed E-state index contributed by atoms with van der Waals surface area (Å²) in [5.74, 6) is 0.425. The first-order valence-corrected chi connectivity index (χ1v) is 7.85. The second-order valence-corrected chi connectivity index (χ2v) is 5.55. The van der Waals surface area contributed by atoms with E-state index < -0.39 is 11.7 Å². The lowest BCUT2D eigenvalue weighted by Crippen LogP contribution is -2.11. The van der Waals surface area contributed by atoms with Gasteiger partial charge in [0.2, 0.25) is 5.95 Å². The number of alkyl halides is 3. The molecule has 0 saturated carbocycles. The maximum absolute atomic E-state index is 13.1. The van der Waals surface area contributed by atoms with Crippen LogP contribution in [0.15, 0.2) is 24.4 Å². The van der Waals surface area contributed by atoms with Crippen LogP contribution in [0.2, 0.25) is 5.02 Å². The maximum atomic E-state index is 13.1. The number of hydrogen-bond acceptors (Lipinski definition) is 5. The van der Waals surface area contributed by atoms with Crippen molar-refractivity contribution in [3.63, 3.8) is 0 Å². The van der Waals surface area contributed by atoms with E-state index in [-0.39, 0.29) is 22.5 Å². The van der Waals surface area contributed by atoms with Crippen LogP contribution >= 0.6 is 11.6 Å². The van der Waals surface area contributed by atoms with Crippen LogP contribution in [0.3, 0.4) is 0 Å². The molecule has 5 nitrogen and oxygen atoms in total. The molecule has 0 fully saturated rings. The Bertz CT molecular complexity index is 678. The highest BCUT2D eigenvalue weighted by atomic mass is 35.5. The topological polar surface area (TPSA) is 62.7 Å². The summed E-state index contributed by atoms with van der Waals surface area (Å²) in [5, 5.41) is 13.2. The lowest BCUT2D eigenvalue weighted by molar-refractivity contribution is -0.136. The third-order valence-electron chi connectivity index (χ3n) is 3.17. The van der Waals surface area contributed by atoms with Crippen LogP contribution in [-0.4, -0.2) is 21.7 Å². The van der Waals surface area contributed by atoms with Crippen molar-refractivity contribution < 1.29 is 13.2 Å². The van der Waals surface area contributed by atoms with Crippen LogP contribution in [0.4, 0.5) is 30.6 Å². The third kappa shape index (κ3) is 5.23. The summed E-state index contributed by atoms with van der Waals surface area (Å²) < 4.78 is 39.3. The van der Waals surface area contributed by atoms with E-state index in [0.29, 0.717) is 6.54 Å². The first kappa shape index (κ1) is 18.3. The monoisotopic (exact) mass is 359 g/mol. The van der Waals surface area contributed by atoms with Gasteiger partial charge in [-0.2, -0.15) is 23.3 Å². The van der Waals surface area contributed by atoms with Gasteiger partial charge in [-0.25, -0.2) is 0 Å². The molecule has 0 aliphatic carbocycles. The van der Waals surface area contributed by atoms with Crippen LogP contribution in [-0.2, 0) is 6.18 Å². The molecule has 0 bridgehead atoms. The highest BCUT2D eigenvalue weighted by Gasteiger charge is 2.34. The quantitative estimate of drug-likeness (QED) is 0.689. The molecular weight excluding hydrogens is 343 g/mol. The van der Waals surface area contributed by atoms with Crippen molar-refractivity contribution in [3.05, 3.63) is 35.0 Å². The van der Waals surface area contributed by atoms with Crippen molar-refractivity contribution in [2.75, 3.05) is 17.2 Å². The molecule has 2 aromatic rings. The van der Waals surface area contributed by atoms with Gasteiger partial charge in [0.05, 0.1) is 17.4 Å². The zero-order chi connectivity index (χ0) is 17.6. The van der Waals surface area contributed by atoms with Crippen molar-refractivity contribution >= 4 is 29.1 Å². The van der Waals surface area contributed by atoms with E-state index in [4.69, 9.17) is 11.6 Å². The van der Waals surface area contributed by atoms with Crippen molar-refractivity contribution in [1.29, 1.82) is 0 Å². The molecule has 1 aromatic heterocycles. The number of rotatable bonds is 7. The fraction of sp³-hybridized carbons (Fsp3) is 0.400. The summed E-state index contributed by atoms with van der Waals surface area (Å²) in [7, 11) is 0. The molecule has 2 N–H and O–H groups in total. The van der Waals surface area contributed by atoms with Gasteiger partial charge in [-0.05, 0) is 24.6 Å². The van der Waals surface area contributed by atoms with E-state index in [9.17, 15) is 13.2 Å². The van der Waals surface area contributed by atoms with E-state index in [1.54, 1.807) is 0 Å². The lowest BCUT2D eigenvalue weighted by atomic mass is 10.1. The van der Waals surface area contributed by atoms with E-state index in [0.717, 1.165) is 25.3 Å². The van der Waals surface area contributed by atoms with Gasteiger partial charge in [-0.1, -0.05) is 31.4 Å². The molecule has 9 heteroatoms. The van der Waals surface area contributed by atoms with E-state index in [2.05, 4.69) is 32.7 Å². The fourth-order valence-corrected chi connectivity index (χ4v) is 2.18. The SMILES string of the molecule is CCCCCNc1nncc(Nc2ccc(Cl)cc2C(F)(F)F)n1. The van der Waals surface area contributed by atoms with Gasteiger partial charge in [0, 0.05) is 11.6 Å². The number of benzene rings is 1. The molecule has 130 valence electrons. The third-order valence-corrected chi connectivity index (χ3v) is 3.41. The average molecular weight is 360 g/mol. The highest BCUT2D eigenvalue weighted by Crippen LogP contribution is 2.37. The molecule has 0 atom stereocenters. The zero-order valence-electron chi connectivity index (χ0n) is 13.0. The van der Waals surface area contributed by atoms with Crippen LogP contribution in [0.1, 0.15) is 31.7 Å². The normalized spacial score (nSPS) is 11.4. The van der Waals surface area contributed by atoms with Gasteiger partial charge in [-0.15, -0.1) is 5.10 Å². The summed E-state index contributed by atoms with van der Waals surface area (Å²) in [4.78, 5) is 4.12. The minimum atomic E-state index is -4.53. The van der Waals surface area contributed by atoms with Crippen molar-refractivity contribution in [2.45, 2.75) is 32.4 Å². The van der Waals surface area contributed by atoms with Crippen LogP contribution < -0.4 is 10.6 Å². The molecule has 0 amide bonds. The zero-order valence-corrected chi connectivity index (χ0v) is 13.7. The van der Waals surface area contributed by atoms with E-state index in [1.807, 2.05) is 0 Å². The Morgan fingerprint density at radius 1 is 1.21 bits per heavy atom. The second kappa shape index (κ2) is 8.14. The van der Waals surface area contributed by atoms with Gasteiger partial charge < -0.3 is 10.6 Å². The molecule has 0 spiro atoms. The van der Waals surface area contributed by atoms with E-state index in [1.165, 1.54) is 18.3 Å². The lowest BCUT2D eigenvalue weighted by Gasteiger charge is -2.14. The predicted octanol–water partition coefficient (Wildman–Crippen LogP) is 4.89. The smallest absolute Gasteiger partial charge is 0.353 e. The number of unbranched alkanes of at least 4 members (excludes halogenated alkanes) is 2. The Morgan fingerprint density at radius 3 is 2.71 bits per heavy atom. The molecular formula is C15H17ClF3N5. The summed E-state index contributed by atoms with van der Waals surface area (Å²) in [6.45, 7) is 2.76. The van der Waals surface area contributed by atoms with E-state index >= 15 is 0 Å². The van der Waals surface area contributed by atoms with Crippen LogP contribution in [0, 0.1) is 0 Å². The first-order valence-electron chi connectivity index (χ1n) is 7.47. The molecule has 0 aliphatic rings. The van der Waals surface area contributed by atoms with Gasteiger partial charge in [-0.3, -0.25) is 0 Å². The Labute approximate surface area is 142 Å². The molecule has 1 heterocycles. The summed E-state index contributed by atoms with van der Waals surface area (Å²) >= 11 is 5.66. The summed E-state index contributed by atoms with van der Waals surface area (Å²) in [6, 6.07) is 3.49. The van der Waals surface area contributed by atoms with Gasteiger partial charge in [0.25, 0.3) is 0 Å². The first-order chi connectivity index (χ1) is 11.4. The van der Waals surface area contributed by atoms with Gasteiger partial charge in [0.1, 0.15) is 0 Å². The fourth-order valence-electron chi connectivity index (χ4n) is 2.01. The van der Waals surface area contributed by atoms with Crippen molar-refractivity contribution in [1.82, 2.24) is 15.2 Å². The number of halogens is 4. The minimum Gasteiger partial charge on any atom is -0.353 e. The van der Waals surface area contributed by atoms with Crippen molar-refractivity contribution in [3.8, 4) is 0 Å². The minimum absolute atomic E-state index is 0.00645. The summed E-state index contributed by atoms with van der Waals surface area (Å²) in [5.41, 5.74) is -1.02. The van der Waals surface area contributed by atoms with Crippen LogP contribution in [0.5, 0.6) is 0 Å². The highest BCUT2D eigenvalue weighted by molar-refractivity contribution is 6.30. The second-order valence-electron chi connectivity index (χ2n) is 5.11. The Balaban J connectivity index is 2.14. The molecule has 0 radical (unpaired) electrons. The van der Waals surface area contributed by atoms with Gasteiger partial charge in [0.15, 0.2) is 5.82 Å². The number of nitrogens with zero attached hydrogens (tertiary/aromatic N) is 3. The average Bonchev–Trinajstić information content (AvgIpc) is 2.53. The largest absolute Gasteiger partial charge is 0.418 e. The number of hydrogen-bond donors (Lipinski definition) is 2. The Hall–Kier alpha value is -2.09. The predicted molar refractivity (Wildman–Crippen MR) is 87.6 cm³/mol. The number of aromatic nitrogens is 3. The molecule has 1 aromatic carbocycles. The number of nitrogens with one attached hydrogen (secondary N) is 2. The molecule has 0 aliphatic heterocycles.